The molecule has 0 radical (unpaired) electrons. The number of nitrogens with zero attached hydrogens (tertiary/aromatic N) is 6. The van der Waals surface area contributed by atoms with Crippen LogP contribution < -0.4 is 10.7 Å². The van der Waals surface area contributed by atoms with Crippen molar-refractivity contribution in [2.45, 2.75) is 6.92 Å². The Balaban J connectivity index is 1.84. The minimum Gasteiger partial charge on any atom is -0.379 e. The molecule has 2 aromatic rings. The number of imidazole rings is 1. The van der Waals surface area contributed by atoms with E-state index in [4.69, 9.17) is 4.74 Å². The van der Waals surface area contributed by atoms with E-state index in [0.29, 0.717) is 31.1 Å². The molecule has 0 bridgehead atoms. The number of rotatable bonds is 5. The average Bonchev–Trinajstić information content (AvgIpc) is 3.03. The maximum Gasteiger partial charge on any atom is 0.244 e. The molecule has 21 heavy (non-hydrogen) atoms. The van der Waals surface area contributed by atoms with Gasteiger partial charge in [0, 0.05) is 32.0 Å². The Labute approximate surface area is 122 Å². The fraction of sp³-hybridized carbons (Fsp3) is 0.500. The van der Waals surface area contributed by atoms with Gasteiger partial charge in [-0.2, -0.15) is 15.0 Å². The normalized spacial score (nSPS) is 15.9. The van der Waals surface area contributed by atoms with E-state index < -0.39 is 0 Å². The summed E-state index contributed by atoms with van der Waals surface area (Å²) >= 11 is 0. The molecule has 1 saturated heterocycles. The minimum absolute atomic E-state index is 0.506. The zero-order valence-electron chi connectivity index (χ0n) is 11.9. The van der Waals surface area contributed by atoms with Crippen molar-refractivity contribution in [3.63, 3.8) is 0 Å². The molecule has 0 aromatic carbocycles. The van der Waals surface area contributed by atoms with E-state index in [9.17, 15) is 0 Å². The first-order valence-corrected chi connectivity index (χ1v) is 6.93. The van der Waals surface area contributed by atoms with Crippen LogP contribution in [0.3, 0.4) is 0 Å². The maximum atomic E-state index is 5.32. The number of ether oxygens (including phenoxy) is 1. The summed E-state index contributed by atoms with van der Waals surface area (Å²) in [6.07, 6.45) is 5.14. The van der Waals surface area contributed by atoms with Gasteiger partial charge in [-0.15, -0.1) is 0 Å². The first-order valence-electron chi connectivity index (χ1n) is 6.93. The van der Waals surface area contributed by atoms with E-state index in [-0.39, 0.29) is 0 Å². The number of nitrogens with one attached hydrogen (secondary N) is 2. The van der Waals surface area contributed by atoms with Gasteiger partial charge < -0.3 is 10.1 Å². The Morgan fingerprint density at radius 3 is 2.71 bits per heavy atom. The fourth-order valence-corrected chi connectivity index (χ4v) is 1.96. The smallest absolute Gasteiger partial charge is 0.244 e. The molecular formula is C12H18N8O. The molecule has 1 aliphatic rings. The van der Waals surface area contributed by atoms with Crippen molar-refractivity contribution in [3.05, 3.63) is 18.7 Å². The molecule has 0 saturated carbocycles. The predicted octanol–water partition coefficient (Wildman–Crippen LogP) is 0.148. The van der Waals surface area contributed by atoms with Crippen molar-refractivity contribution in [2.24, 2.45) is 0 Å². The molecule has 0 amide bonds. The first kappa shape index (κ1) is 13.7. The molecule has 9 heteroatoms. The van der Waals surface area contributed by atoms with Crippen molar-refractivity contribution in [1.82, 2.24) is 29.5 Å². The Morgan fingerprint density at radius 2 is 2.00 bits per heavy atom. The summed E-state index contributed by atoms with van der Waals surface area (Å²) in [7, 11) is 0. The Kier molecular flexibility index (Phi) is 4.22. The lowest BCUT2D eigenvalue weighted by Crippen LogP contribution is -2.40. The monoisotopic (exact) mass is 290 g/mol. The van der Waals surface area contributed by atoms with Crippen LogP contribution in [0.4, 0.5) is 11.9 Å². The fourth-order valence-electron chi connectivity index (χ4n) is 1.96. The van der Waals surface area contributed by atoms with Crippen LogP contribution in [0, 0.1) is 0 Å². The number of morpholine rings is 1. The van der Waals surface area contributed by atoms with Crippen molar-refractivity contribution < 1.29 is 4.74 Å². The Morgan fingerprint density at radius 1 is 1.19 bits per heavy atom. The highest BCUT2D eigenvalue weighted by Gasteiger charge is 2.13. The van der Waals surface area contributed by atoms with Gasteiger partial charge in [0.1, 0.15) is 6.33 Å². The zero-order chi connectivity index (χ0) is 14.5. The van der Waals surface area contributed by atoms with Gasteiger partial charge in [-0.05, 0) is 6.92 Å². The van der Waals surface area contributed by atoms with Crippen molar-refractivity contribution in [1.29, 1.82) is 0 Å². The zero-order valence-corrected chi connectivity index (χ0v) is 11.9. The standard InChI is InChI=1S/C12H18N8O/c1-2-14-10-15-11(18-20-5-7-21-8-6-20)17-12(16-10)19-4-3-13-9-19/h3-4,9H,2,5-8H2,1H3,(H2,14,15,16,17,18). The van der Waals surface area contributed by atoms with Gasteiger partial charge in [-0.25, -0.2) is 9.99 Å². The summed E-state index contributed by atoms with van der Waals surface area (Å²) in [4.78, 5) is 17.2. The summed E-state index contributed by atoms with van der Waals surface area (Å²) in [5.41, 5.74) is 3.20. The van der Waals surface area contributed by atoms with Crippen molar-refractivity contribution in [2.75, 3.05) is 43.6 Å². The average molecular weight is 290 g/mol. The SMILES string of the molecule is CCNc1nc(NN2CCOCC2)nc(-n2ccnc2)n1. The van der Waals surface area contributed by atoms with Crippen LogP contribution in [0.5, 0.6) is 0 Å². The highest BCUT2D eigenvalue weighted by molar-refractivity contribution is 5.37. The third-order valence-corrected chi connectivity index (χ3v) is 2.96. The topological polar surface area (TPSA) is 93.0 Å². The molecule has 2 N–H and O–H groups in total. The highest BCUT2D eigenvalue weighted by Crippen LogP contribution is 2.10. The summed E-state index contributed by atoms with van der Waals surface area (Å²) in [5, 5.41) is 5.14. The second-order valence-electron chi connectivity index (χ2n) is 4.49. The number of hydrazine groups is 1. The van der Waals surface area contributed by atoms with E-state index in [1.807, 2.05) is 11.9 Å². The molecule has 0 aliphatic carbocycles. The number of hydrogen-bond donors (Lipinski definition) is 2. The molecule has 9 nitrogen and oxygen atoms in total. The maximum absolute atomic E-state index is 5.32. The van der Waals surface area contributed by atoms with Gasteiger partial charge in [-0.3, -0.25) is 9.99 Å². The predicted molar refractivity (Wildman–Crippen MR) is 77.1 cm³/mol. The van der Waals surface area contributed by atoms with Gasteiger partial charge in [-0.1, -0.05) is 0 Å². The third kappa shape index (κ3) is 3.44. The number of aromatic nitrogens is 5. The van der Waals surface area contributed by atoms with Crippen LogP contribution in [-0.4, -0.2) is 62.4 Å². The van der Waals surface area contributed by atoms with Crippen molar-refractivity contribution in [3.8, 4) is 5.95 Å². The molecular weight excluding hydrogens is 272 g/mol. The van der Waals surface area contributed by atoms with Gasteiger partial charge in [0.05, 0.1) is 13.2 Å². The lowest BCUT2D eigenvalue weighted by atomic mass is 10.5. The summed E-state index contributed by atoms with van der Waals surface area (Å²) in [6, 6.07) is 0. The number of anilines is 2. The Hall–Kier alpha value is -2.26. The molecule has 2 aromatic heterocycles. The van der Waals surface area contributed by atoms with E-state index >= 15 is 0 Å². The summed E-state index contributed by atoms with van der Waals surface area (Å²) in [6.45, 7) is 5.73. The van der Waals surface area contributed by atoms with E-state index in [1.165, 1.54) is 0 Å². The lowest BCUT2D eigenvalue weighted by Gasteiger charge is -2.27. The second-order valence-corrected chi connectivity index (χ2v) is 4.49. The summed E-state index contributed by atoms with van der Waals surface area (Å²) < 4.78 is 7.07. The van der Waals surface area contributed by atoms with Gasteiger partial charge >= 0.3 is 0 Å². The lowest BCUT2D eigenvalue weighted by molar-refractivity contribution is 0.0492. The number of hydrogen-bond acceptors (Lipinski definition) is 8. The first-order chi connectivity index (χ1) is 10.3. The van der Waals surface area contributed by atoms with Crippen LogP contribution in [-0.2, 0) is 4.74 Å². The molecule has 0 spiro atoms. The molecule has 1 aliphatic heterocycles. The van der Waals surface area contributed by atoms with Crippen LogP contribution >= 0.6 is 0 Å². The van der Waals surface area contributed by atoms with Crippen molar-refractivity contribution >= 4 is 11.9 Å². The third-order valence-electron chi connectivity index (χ3n) is 2.96. The quantitative estimate of drug-likeness (QED) is 0.803. The Bertz CT molecular complexity index is 567. The molecule has 0 atom stereocenters. The summed E-state index contributed by atoms with van der Waals surface area (Å²) in [5.74, 6) is 1.56. The van der Waals surface area contributed by atoms with Crippen LogP contribution in [0.15, 0.2) is 18.7 Å². The molecule has 112 valence electrons. The molecule has 1 fully saturated rings. The van der Waals surface area contributed by atoms with E-state index in [0.717, 1.165) is 19.6 Å². The van der Waals surface area contributed by atoms with Crippen LogP contribution in [0.1, 0.15) is 6.92 Å². The molecule has 3 rings (SSSR count). The minimum atomic E-state index is 0.506. The van der Waals surface area contributed by atoms with Gasteiger partial charge in [0.15, 0.2) is 0 Å². The van der Waals surface area contributed by atoms with Gasteiger partial charge in [0.2, 0.25) is 17.8 Å². The van der Waals surface area contributed by atoms with Gasteiger partial charge in [0.25, 0.3) is 0 Å². The highest BCUT2D eigenvalue weighted by atomic mass is 16.5. The van der Waals surface area contributed by atoms with E-state index in [2.05, 4.69) is 30.7 Å². The van der Waals surface area contributed by atoms with E-state index in [1.54, 1.807) is 23.3 Å². The molecule has 0 unspecified atom stereocenters. The molecule has 3 heterocycles. The largest absolute Gasteiger partial charge is 0.379 e. The van der Waals surface area contributed by atoms with Crippen LogP contribution in [0.25, 0.3) is 5.95 Å². The van der Waals surface area contributed by atoms with Crippen LogP contribution in [0.2, 0.25) is 0 Å². The second kappa shape index (κ2) is 6.46.